The fourth-order valence-corrected chi connectivity index (χ4v) is 4.98. The first-order chi connectivity index (χ1) is 17.8. The number of hydrogen-bond acceptors (Lipinski definition) is 3. The number of nitrogens with zero attached hydrogens (tertiary/aromatic N) is 1. The molecule has 2 aromatic carbocycles. The number of carbonyl (C=O) groups is 1. The van der Waals surface area contributed by atoms with Crippen molar-refractivity contribution in [2.45, 2.75) is 90.5 Å². The monoisotopic (exact) mass is 586 g/mol. The molecule has 0 unspecified atom stereocenters. The van der Waals surface area contributed by atoms with Gasteiger partial charge in [-0.1, -0.05) is 113 Å². The SMILES string of the molecule is CCCCCCCCCCCCCCOc1cccc(C(=O)Nc2ccccc2C[n+]2ccsc2)c1.[Br-]. The average Bonchev–Trinajstić information content (AvgIpc) is 3.41. The van der Waals surface area contributed by atoms with Gasteiger partial charge < -0.3 is 27.0 Å². The summed E-state index contributed by atoms with van der Waals surface area (Å²) in [6, 6.07) is 15.4. The predicted octanol–water partition coefficient (Wildman–Crippen LogP) is 5.42. The van der Waals surface area contributed by atoms with Crippen molar-refractivity contribution in [3.05, 3.63) is 76.7 Å². The first-order valence-corrected chi connectivity index (χ1v) is 14.7. The molecule has 0 spiro atoms. The molecule has 1 N–H and O–H groups in total. The number of anilines is 1. The lowest BCUT2D eigenvalue weighted by atomic mass is 10.1. The van der Waals surface area contributed by atoms with Gasteiger partial charge in [-0.2, -0.15) is 4.57 Å². The van der Waals surface area contributed by atoms with Crippen LogP contribution in [0.3, 0.4) is 0 Å². The number of aromatic nitrogens is 1. The minimum Gasteiger partial charge on any atom is -1.00 e. The fraction of sp³-hybridized carbons (Fsp3) is 0.484. The summed E-state index contributed by atoms with van der Waals surface area (Å²) < 4.78 is 8.06. The third kappa shape index (κ3) is 12.3. The highest BCUT2D eigenvalue weighted by Crippen LogP contribution is 2.19. The first kappa shape index (κ1) is 31.0. The average molecular weight is 588 g/mol. The molecule has 4 nitrogen and oxygen atoms in total. The van der Waals surface area contributed by atoms with Gasteiger partial charge in [0.05, 0.1) is 17.7 Å². The van der Waals surface area contributed by atoms with Crippen molar-refractivity contribution in [3.8, 4) is 5.75 Å². The second-order valence-corrected chi connectivity index (χ2v) is 10.3. The van der Waals surface area contributed by atoms with E-state index in [2.05, 4.69) is 28.4 Å². The Hall–Kier alpha value is -2.18. The van der Waals surface area contributed by atoms with Gasteiger partial charge in [-0.3, -0.25) is 4.79 Å². The van der Waals surface area contributed by atoms with Gasteiger partial charge >= 0.3 is 0 Å². The number of ether oxygens (including phenoxy) is 1. The summed E-state index contributed by atoms with van der Waals surface area (Å²) in [6.07, 6.45) is 18.0. The van der Waals surface area contributed by atoms with Crippen molar-refractivity contribution in [1.29, 1.82) is 0 Å². The van der Waals surface area contributed by atoms with Crippen molar-refractivity contribution in [2.24, 2.45) is 0 Å². The standard InChI is InChI=1S/C31H42N2O2S.BrH/c1-2-3-4-5-6-7-8-9-10-11-12-15-22-35-29-19-16-18-27(24-29)31(34)32-30-20-14-13-17-28(30)25-33-21-23-36-26-33;/h13-14,16-21,23-24,26H,2-12,15,22,25H2,1H3;1H. The zero-order chi connectivity index (χ0) is 25.3. The maximum Gasteiger partial charge on any atom is 0.255 e. The van der Waals surface area contributed by atoms with Crippen molar-refractivity contribution < 1.29 is 31.1 Å². The molecule has 6 heteroatoms. The Morgan fingerprint density at radius 3 is 2.22 bits per heavy atom. The van der Waals surface area contributed by atoms with Gasteiger partial charge in [-0.15, -0.1) is 0 Å². The Morgan fingerprint density at radius 1 is 0.865 bits per heavy atom. The molecule has 0 saturated carbocycles. The molecule has 1 heterocycles. The molecule has 37 heavy (non-hydrogen) atoms. The van der Waals surface area contributed by atoms with Gasteiger partial charge in [0.2, 0.25) is 5.51 Å². The molecule has 0 aliphatic rings. The van der Waals surface area contributed by atoms with E-state index in [1.807, 2.05) is 54.0 Å². The highest BCUT2D eigenvalue weighted by molar-refractivity contribution is 7.07. The van der Waals surface area contributed by atoms with E-state index in [0.29, 0.717) is 12.2 Å². The van der Waals surface area contributed by atoms with Crippen molar-refractivity contribution in [3.63, 3.8) is 0 Å². The van der Waals surface area contributed by atoms with Crippen LogP contribution in [-0.4, -0.2) is 12.5 Å². The van der Waals surface area contributed by atoms with Crippen molar-refractivity contribution >= 4 is 22.9 Å². The molecule has 0 aliphatic heterocycles. The van der Waals surface area contributed by atoms with Crippen LogP contribution in [0.4, 0.5) is 5.69 Å². The van der Waals surface area contributed by atoms with Crippen molar-refractivity contribution in [1.82, 2.24) is 0 Å². The van der Waals surface area contributed by atoms with E-state index >= 15 is 0 Å². The van der Waals surface area contributed by atoms with E-state index in [1.54, 1.807) is 11.3 Å². The molecule has 0 bridgehead atoms. The number of para-hydroxylation sites is 1. The molecule has 1 aromatic heterocycles. The lowest BCUT2D eigenvalue weighted by Gasteiger charge is -2.11. The summed E-state index contributed by atoms with van der Waals surface area (Å²) in [6.45, 7) is 3.70. The normalized spacial score (nSPS) is 10.6. The van der Waals surface area contributed by atoms with Gasteiger partial charge in [-0.25, -0.2) is 0 Å². The Bertz CT molecular complexity index is 1010. The smallest absolute Gasteiger partial charge is 0.255 e. The second-order valence-electron chi connectivity index (χ2n) is 9.58. The minimum atomic E-state index is -0.117. The van der Waals surface area contributed by atoms with Crippen LogP contribution in [0.2, 0.25) is 0 Å². The van der Waals surface area contributed by atoms with Crippen LogP contribution in [0.5, 0.6) is 5.75 Å². The van der Waals surface area contributed by atoms with E-state index < -0.39 is 0 Å². The quantitative estimate of drug-likeness (QED) is 0.160. The van der Waals surface area contributed by atoms with Gasteiger partial charge in [0, 0.05) is 11.1 Å². The van der Waals surface area contributed by atoms with Gasteiger partial charge in [0.1, 0.15) is 5.75 Å². The number of benzene rings is 2. The summed E-state index contributed by atoms with van der Waals surface area (Å²) in [5, 5.41) is 5.13. The second kappa shape index (κ2) is 19.0. The number of nitrogens with one attached hydrogen (secondary N) is 1. The van der Waals surface area contributed by atoms with Crippen LogP contribution in [-0.2, 0) is 6.54 Å². The number of hydrogen-bond donors (Lipinski definition) is 1. The molecule has 0 saturated heterocycles. The Kier molecular flexibility index (Phi) is 15.9. The first-order valence-electron chi connectivity index (χ1n) is 13.8. The fourth-order valence-electron chi connectivity index (χ4n) is 4.38. The molecule has 0 aliphatic carbocycles. The van der Waals surface area contributed by atoms with Gasteiger partial charge in [0.25, 0.3) is 5.91 Å². The predicted molar refractivity (Wildman–Crippen MR) is 151 cm³/mol. The molecule has 0 atom stereocenters. The maximum atomic E-state index is 12.9. The summed E-state index contributed by atoms with van der Waals surface area (Å²) in [5.74, 6) is 0.640. The molecular weight excluding hydrogens is 544 g/mol. The maximum absolute atomic E-state index is 12.9. The van der Waals surface area contributed by atoms with Crippen LogP contribution in [0.15, 0.2) is 65.6 Å². The molecule has 3 aromatic rings. The third-order valence-electron chi connectivity index (χ3n) is 6.51. The number of amides is 1. The van der Waals surface area contributed by atoms with Crippen LogP contribution >= 0.6 is 11.3 Å². The van der Waals surface area contributed by atoms with E-state index in [1.165, 1.54) is 70.6 Å². The molecular formula is C31H43BrN2O2S. The molecule has 0 radical (unpaired) electrons. The lowest BCUT2D eigenvalue weighted by Crippen LogP contribution is -3.00. The highest BCUT2D eigenvalue weighted by Gasteiger charge is 2.12. The minimum absolute atomic E-state index is 0. The van der Waals surface area contributed by atoms with E-state index in [-0.39, 0.29) is 22.9 Å². The zero-order valence-corrected chi connectivity index (χ0v) is 24.7. The highest BCUT2D eigenvalue weighted by atomic mass is 79.9. The lowest BCUT2D eigenvalue weighted by molar-refractivity contribution is -0.683. The molecule has 0 fully saturated rings. The van der Waals surface area contributed by atoms with Crippen molar-refractivity contribution in [2.75, 3.05) is 11.9 Å². The number of carbonyl (C=O) groups excluding carboxylic acids is 1. The number of thiazole rings is 1. The summed E-state index contributed by atoms with van der Waals surface area (Å²) >= 11 is 1.66. The van der Waals surface area contributed by atoms with Gasteiger partial charge in [-0.05, 0) is 30.7 Å². The Morgan fingerprint density at radius 2 is 1.54 bits per heavy atom. The Balaban J connectivity index is 0.00000481. The Labute approximate surface area is 238 Å². The molecule has 3 rings (SSSR count). The third-order valence-corrected chi connectivity index (χ3v) is 7.18. The number of halogens is 1. The number of rotatable bonds is 18. The largest absolute Gasteiger partial charge is 1.00 e. The van der Waals surface area contributed by atoms with Gasteiger partial charge in [0.15, 0.2) is 12.7 Å². The molecule has 1 amide bonds. The van der Waals surface area contributed by atoms with E-state index in [0.717, 1.165) is 30.0 Å². The summed E-state index contributed by atoms with van der Waals surface area (Å²) in [4.78, 5) is 12.9. The summed E-state index contributed by atoms with van der Waals surface area (Å²) in [7, 11) is 0. The molecule has 202 valence electrons. The topological polar surface area (TPSA) is 42.2 Å². The van der Waals surface area contributed by atoms with Crippen LogP contribution in [0, 0.1) is 0 Å². The van der Waals surface area contributed by atoms with E-state index in [4.69, 9.17) is 4.74 Å². The zero-order valence-electron chi connectivity index (χ0n) is 22.3. The summed E-state index contributed by atoms with van der Waals surface area (Å²) in [5.41, 5.74) is 4.59. The van der Waals surface area contributed by atoms with Crippen LogP contribution in [0.25, 0.3) is 0 Å². The van der Waals surface area contributed by atoms with Crippen LogP contribution in [0.1, 0.15) is 99.9 Å². The van der Waals surface area contributed by atoms with Crippen LogP contribution < -0.4 is 31.6 Å². The number of unbranched alkanes of at least 4 members (excludes halogenated alkanes) is 11. The van der Waals surface area contributed by atoms with E-state index in [9.17, 15) is 4.79 Å².